The summed E-state index contributed by atoms with van der Waals surface area (Å²) in [5, 5.41) is 3.57. The zero-order chi connectivity index (χ0) is 40.5. The first-order valence-corrected chi connectivity index (χ1v) is 19.3. The smallest absolute Gasteiger partial charge is 0.166 e. The fourth-order valence-corrected chi connectivity index (χ4v) is 9.19. The van der Waals surface area contributed by atoms with Gasteiger partial charge in [-0.05, 0) is 52.6 Å². The molecule has 11 rings (SSSR count). The number of fused-ring (bicyclic) bond motifs is 6. The van der Waals surface area contributed by atoms with Gasteiger partial charge in [0.1, 0.15) is 0 Å². The fourth-order valence-electron chi connectivity index (χ4n) is 7.82. The molecule has 0 amide bonds. The number of benzene rings is 8. The van der Waals surface area contributed by atoms with E-state index >= 15 is 0 Å². The van der Waals surface area contributed by atoms with Gasteiger partial charge < -0.3 is 4.57 Å². The van der Waals surface area contributed by atoms with Crippen molar-refractivity contribution in [2.75, 3.05) is 0 Å². The molecule has 0 bridgehead atoms. The minimum absolute atomic E-state index is 0.0181. The molecule has 0 unspecified atom stereocenters. The third kappa shape index (κ3) is 5.32. The van der Waals surface area contributed by atoms with Crippen molar-refractivity contribution in [2.24, 2.45) is 0 Å². The minimum Gasteiger partial charge on any atom is -0.309 e. The molecule has 0 aliphatic heterocycles. The molecule has 0 fully saturated rings. The van der Waals surface area contributed by atoms with Gasteiger partial charge in [0.05, 0.1) is 22.2 Å². The molecule has 262 valence electrons. The molecule has 3 heterocycles. The Balaban J connectivity index is 1.11. The van der Waals surface area contributed by atoms with Gasteiger partial charge in [-0.15, -0.1) is 11.3 Å². The Morgan fingerprint density at radius 3 is 1.79 bits per heavy atom. The van der Waals surface area contributed by atoms with Crippen molar-refractivity contribution >= 4 is 53.3 Å². The first-order chi connectivity index (χ1) is 29.4. The maximum atomic E-state index is 9.06. The summed E-state index contributed by atoms with van der Waals surface area (Å²) < 4.78 is 39.3. The van der Waals surface area contributed by atoms with E-state index in [4.69, 9.17) is 20.4 Å². The summed E-state index contributed by atoms with van der Waals surface area (Å²) in [6.07, 6.45) is 0. The molecule has 56 heavy (non-hydrogen) atoms. The van der Waals surface area contributed by atoms with Crippen molar-refractivity contribution in [1.29, 1.82) is 0 Å². The van der Waals surface area contributed by atoms with Crippen molar-refractivity contribution in [1.82, 2.24) is 19.5 Å². The van der Waals surface area contributed by atoms with E-state index in [-0.39, 0.29) is 24.2 Å². The summed E-state index contributed by atoms with van der Waals surface area (Å²) in [6, 6.07) is 56.8. The van der Waals surface area contributed by atoms with E-state index in [2.05, 4.69) is 84.9 Å². The zero-order valence-electron chi connectivity index (χ0n) is 33.9. The fraction of sp³-hybridized carbons (Fsp3) is 0. The Kier molecular flexibility index (Phi) is 6.70. The van der Waals surface area contributed by atoms with Crippen LogP contribution in [0.4, 0.5) is 0 Å². The van der Waals surface area contributed by atoms with Gasteiger partial charge >= 0.3 is 0 Å². The summed E-state index contributed by atoms with van der Waals surface area (Å²) in [5.74, 6) is 1.48. The van der Waals surface area contributed by atoms with Gasteiger partial charge in [-0.3, -0.25) is 0 Å². The van der Waals surface area contributed by atoms with Crippen molar-refractivity contribution in [3.8, 4) is 62.1 Å². The Morgan fingerprint density at radius 1 is 0.393 bits per heavy atom. The summed E-state index contributed by atoms with van der Waals surface area (Å²) in [4.78, 5) is 15.4. The van der Waals surface area contributed by atoms with Gasteiger partial charge in [0.2, 0.25) is 0 Å². The lowest BCUT2D eigenvalue weighted by atomic mass is 9.99. The van der Waals surface area contributed by atoms with E-state index in [9.17, 15) is 0 Å². The SMILES string of the molecule is [2H]c1ccc2c(c1)c1c([2H])c([2H])cc([2H])c1n2-c1ccccc1-c1nc(-c2ccccc2)nc(-c2cccc(-c3cccc4c3sc3c(-c5ccccc5)cccc34)c2)n1. The second kappa shape index (κ2) is 13.3. The van der Waals surface area contributed by atoms with Crippen LogP contribution in [0, 0.1) is 0 Å². The van der Waals surface area contributed by atoms with E-state index < -0.39 is 0 Å². The van der Waals surface area contributed by atoms with Gasteiger partial charge in [-0.1, -0.05) is 164 Å². The van der Waals surface area contributed by atoms with Gasteiger partial charge in [-0.25, -0.2) is 15.0 Å². The molecule has 3 aromatic heterocycles. The van der Waals surface area contributed by atoms with Gasteiger partial charge in [0.15, 0.2) is 17.5 Å². The van der Waals surface area contributed by atoms with Crippen LogP contribution in [0.2, 0.25) is 0 Å². The summed E-state index contributed by atoms with van der Waals surface area (Å²) in [7, 11) is 0. The average Bonchev–Trinajstić information content (AvgIpc) is 3.85. The predicted molar refractivity (Wildman–Crippen MR) is 234 cm³/mol. The largest absolute Gasteiger partial charge is 0.309 e. The van der Waals surface area contributed by atoms with E-state index in [0.29, 0.717) is 45.0 Å². The topological polar surface area (TPSA) is 43.6 Å². The Labute approximate surface area is 333 Å². The van der Waals surface area contributed by atoms with E-state index in [1.165, 1.54) is 37.4 Å². The quantitative estimate of drug-likeness (QED) is 0.171. The van der Waals surface area contributed by atoms with Crippen LogP contribution in [-0.4, -0.2) is 19.5 Å². The molecule has 0 saturated heterocycles. The molecule has 0 atom stereocenters. The Morgan fingerprint density at radius 2 is 1.00 bits per heavy atom. The lowest BCUT2D eigenvalue weighted by Crippen LogP contribution is -2.03. The van der Waals surface area contributed by atoms with Gasteiger partial charge in [-0.2, -0.15) is 0 Å². The third-order valence-corrected chi connectivity index (χ3v) is 11.7. The highest BCUT2D eigenvalue weighted by molar-refractivity contribution is 7.26. The number of hydrogen-bond donors (Lipinski definition) is 0. The Hall–Kier alpha value is -7.21. The van der Waals surface area contributed by atoms with Gasteiger partial charge in [0.25, 0.3) is 0 Å². The predicted octanol–water partition coefficient (Wildman–Crippen LogP) is 13.7. The van der Waals surface area contributed by atoms with E-state index in [1.807, 2.05) is 82.6 Å². The standard InChI is InChI=1S/C51H32N4S/c1-3-16-33(17-4-1)37-25-14-27-41-42-28-15-26-38(48(42)56-47(37)41)35-20-13-21-36(32-35)50-52-49(34-18-5-2-6-19-34)53-51(54-50)43-24-9-12-31-46(43)55-44-29-10-7-22-39(44)40-23-8-11-30-45(40)55/h1-32H/i7D,8D,22D,29D. The molecule has 5 heteroatoms. The number of para-hydroxylation sites is 3. The highest BCUT2D eigenvalue weighted by Crippen LogP contribution is 2.44. The molecular weight excluding hydrogens is 701 g/mol. The molecule has 11 aromatic rings. The first kappa shape index (κ1) is 28.3. The summed E-state index contributed by atoms with van der Waals surface area (Å²) in [5.41, 5.74) is 8.90. The molecule has 0 aliphatic carbocycles. The lowest BCUT2D eigenvalue weighted by Gasteiger charge is -2.14. The number of thiophene rings is 1. The van der Waals surface area contributed by atoms with Crippen molar-refractivity contribution in [3.63, 3.8) is 0 Å². The van der Waals surface area contributed by atoms with E-state index in [0.717, 1.165) is 27.8 Å². The maximum absolute atomic E-state index is 9.06. The van der Waals surface area contributed by atoms with Crippen LogP contribution in [0.15, 0.2) is 194 Å². The number of aromatic nitrogens is 4. The number of hydrogen-bond acceptors (Lipinski definition) is 4. The summed E-state index contributed by atoms with van der Waals surface area (Å²) >= 11 is 1.82. The lowest BCUT2D eigenvalue weighted by molar-refractivity contribution is 1.06. The van der Waals surface area contributed by atoms with Crippen LogP contribution in [0.5, 0.6) is 0 Å². The van der Waals surface area contributed by atoms with Crippen LogP contribution in [0.25, 0.3) is 104 Å². The minimum atomic E-state index is -0.0346. The van der Waals surface area contributed by atoms with Crippen molar-refractivity contribution < 1.29 is 5.48 Å². The van der Waals surface area contributed by atoms with E-state index in [1.54, 1.807) is 12.1 Å². The van der Waals surface area contributed by atoms with Crippen molar-refractivity contribution in [3.05, 3.63) is 194 Å². The Bertz CT molecular complexity index is 3490. The molecule has 0 aliphatic rings. The van der Waals surface area contributed by atoms with Crippen LogP contribution in [0.3, 0.4) is 0 Å². The van der Waals surface area contributed by atoms with Crippen LogP contribution >= 0.6 is 11.3 Å². The molecule has 4 nitrogen and oxygen atoms in total. The van der Waals surface area contributed by atoms with Crippen LogP contribution < -0.4 is 0 Å². The molecule has 8 aromatic carbocycles. The first-order valence-electron chi connectivity index (χ1n) is 20.4. The maximum Gasteiger partial charge on any atom is 0.166 e. The second-order valence-corrected chi connectivity index (χ2v) is 14.7. The highest BCUT2D eigenvalue weighted by Gasteiger charge is 2.20. The molecule has 0 saturated carbocycles. The average molecular weight is 737 g/mol. The normalized spacial score (nSPS) is 12.6. The summed E-state index contributed by atoms with van der Waals surface area (Å²) in [6.45, 7) is 0. The monoisotopic (exact) mass is 736 g/mol. The molecule has 0 spiro atoms. The molecular formula is C51H32N4S. The van der Waals surface area contributed by atoms with Gasteiger partial charge in [0, 0.05) is 47.6 Å². The van der Waals surface area contributed by atoms with Crippen molar-refractivity contribution in [2.45, 2.75) is 0 Å². The highest BCUT2D eigenvalue weighted by atomic mass is 32.1. The zero-order valence-corrected chi connectivity index (χ0v) is 30.7. The van der Waals surface area contributed by atoms with Crippen LogP contribution in [0.1, 0.15) is 5.48 Å². The third-order valence-electron chi connectivity index (χ3n) is 10.4. The number of nitrogens with zero attached hydrogens (tertiary/aromatic N) is 4. The molecule has 0 radical (unpaired) electrons. The molecule has 0 N–H and O–H groups in total. The van der Waals surface area contributed by atoms with Crippen LogP contribution in [-0.2, 0) is 0 Å². The number of rotatable bonds is 6. The second-order valence-electron chi connectivity index (χ2n) is 13.7.